The van der Waals surface area contributed by atoms with E-state index in [-0.39, 0.29) is 28.8 Å². The van der Waals surface area contributed by atoms with Crippen molar-refractivity contribution in [3.8, 4) is 23.0 Å². The zero-order valence-electron chi connectivity index (χ0n) is 16.6. The molecule has 0 saturated heterocycles. The summed E-state index contributed by atoms with van der Waals surface area (Å²) < 4.78 is 41.5. The monoisotopic (exact) mass is 433 g/mol. The van der Waals surface area contributed by atoms with Crippen LogP contribution in [0, 0.1) is 5.92 Å². The standard InChI is InChI=1S/C20H21F2N5O4/c1-10(23)17-16(18(28)26-13-7-24-25-8-13)27-19(31-17)12-4-5-14(30-20(21)22)15(6-12)29-9-11-2-3-11/h4-8,10-11,20H,2-3,9,23H2,1H3,(H,24,25)(H,26,28)/t10-/m0/s1. The van der Waals surface area contributed by atoms with E-state index in [2.05, 4.69) is 25.2 Å². The summed E-state index contributed by atoms with van der Waals surface area (Å²) in [5.41, 5.74) is 6.85. The maximum Gasteiger partial charge on any atom is 0.387 e. The minimum absolute atomic E-state index is 0.0135. The molecule has 0 bridgehead atoms. The van der Waals surface area contributed by atoms with Gasteiger partial charge in [-0.05, 0) is 43.9 Å². The Morgan fingerprint density at radius 2 is 2.19 bits per heavy atom. The van der Waals surface area contributed by atoms with Gasteiger partial charge in [-0.3, -0.25) is 9.89 Å². The summed E-state index contributed by atoms with van der Waals surface area (Å²) in [7, 11) is 0. The fourth-order valence-electron chi connectivity index (χ4n) is 2.88. The number of halogens is 2. The molecule has 1 aliphatic carbocycles. The van der Waals surface area contributed by atoms with Crippen molar-refractivity contribution in [1.29, 1.82) is 0 Å². The SMILES string of the molecule is C[C@H](N)c1oc(-c2ccc(OC(F)F)c(OCC3CC3)c2)nc1C(=O)Nc1cn[nH]c1. The number of nitrogens with two attached hydrogens (primary N) is 1. The maximum atomic E-state index is 12.8. The van der Waals surface area contributed by atoms with Gasteiger partial charge in [0.1, 0.15) is 0 Å². The summed E-state index contributed by atoms with van der Waals surface area (Å²) in [6.07, 6.45) is 5.03. The summed E-state index contributed by atoms with van der Waals surface area (Å²) in [4.78, 5) is 16.9. The predicted molar refractivity (Wildman–Crippen MR) is 106 cm³/mol. The van der Waals surface area contributed by atoms with E-state index < -0.39 is 18.6 Å². The molecule has 0 spiro atoms. The number of carbonyl (C=O) groups is 1. The summed E-state index contributed by atoms with van der Waals surface area (Å²) in [5, 5.41) is 9.00. The first-order chi connectivity index (χ1) is 14.9. The number of oxazole rings is 1. The number of aromatic nitrogens is 3. The van der Waals surface area contributed by atoms with E-state index in [0.717, 1.165) is 12.8 Å². The number of hydrogen-bond donors (Lipinski definition) is 3. The number of hydrogen-bond acceptors (Lipinski definition) is 7. The first-order valence-electron chi connectivity index (χ1n) is 9.69. The van der Waals surface area contributed by atoms with E-state index in [1.165, 1.54) is 30.6 Å². The van der Waals surface area contributed by atoms with Gasteiger partial charge in [-0.2, -0.15) is 13.9 Å². The van der Waals surface area contributed by atoms with Crippen molar-refractivity contribution in [1.82, 2.24) is 15.2 Å². The lowest BCUT2D eigenvalue weighted by atomic mass is 10.2. The third-order valence-corrected chi connectivity index (χ3v) is 4.62. The van der Waals surface area contributed by atoms with Crippen LogP contribution in [0.1, 0.15) is 42.1 Å². The van der Waals surface area contributed by atoms with Crippen LogP contribution in [0.4, 0.5) is 14.5 Å². The molecule has 31 heavy (non-hydrogen) atoms. The van der Waals surface area contributed by atoms with Gasteiger partial charge in [-0.25, -0.2) is 4.98 Å². The van der Waals surface area contributed by atoms with Gasteiger partial charge >= 0.3 is 6.61 Å². The molecule has 1 aromatic carbocycles. The lowest BCUT2D eigenvalue weighted by molar-refractivity contribution is -0.0515. The molecule has 3 aromatic rings. The lowest BCUT2D eigenvalue weighted by Crippen LogP contribution is -2.17. The molecule has 1 aliphatic rings. The summed E-state index contributed by atoms with van der Waals surface area (Å²) in [5.74, 6) is 0.235. The number of H-pyrrole nitrogens is 1. The topological polar surface area (TPSA) is 128 Å². The van der Waals surface area contributed by atoms with Crippen LogP contribution in [0.2, 0.25) is 0 Å². The Balaban J connectivity index is 1.64. The minimum Gasteiger partial charge on any atom is -0.489 e. The van der Waals surface area contributed by atoms with Crippen LogP contribution in [0.5, 0.6) is 11.5 Å². The minimum atomic E-state index is -2.99. The van der Waals surface area contributed by atoms with Gasteiger partial charge < -0.3 is 24.9 Å². The Morgan fingerprint density at radius 3 is 2.84 bits per heavy atom. The smallest absolute Gasteiger partial charge is 0.387 e. The van der Waals surface area contributed by atoms with Crippen LogP contribution in [0.25, 0.3) is 11.5 Å². The molecule has 0 radical (unpaired) electrons. The van der Waals surface area contributed by atoms with Gasteiger partial charge in [0.25, 0.3) is 5.91 Å². The van der Waals surface area contributed by atoms with Gasteiger partial charge in [-0.1, -0.05) is 0 Å². The highest BCUT2D eigenvalue weighted by atomic mass is 19.3. The first kappa shape index (κ1) is 20.8. The van der Waals surface area contributed by atoms with Crippen LogP contribution < -0.4 is 20.5 Å². The molecule has 164 valence electrons. The van der Waals surface area contributed by atoms with Gasteiger partial charge in [0.15, 0.2) is 23.0 Å². The molecule has 11 heteroatoms. The number of amides is 1. The van der Waals surface area contributed by atoms with Crippen molar-refractivity contribution in [2.45, 2.75) is 32.4 Å². The Kier molecular flexibility index (Phi) is 5.85. The molecule has 9 nitrogen and oxygen atoms in total. The fraction of sp³-hybridized carbons (Fsp3) is 0.350. The number of ether oxygens (including phenoxy) is 2. The van der Waals surface area contributed by atoms with Gasteiger partial charge in [-0.15, -0.1) is 0 Å². The molecule has 1 atom stereocenters. The fourth-order valence-corrected chi connectivity index (χ4v) is 2.88. The van der Waals surface area contributed by atoms with E-state index >= 15 is 0 Å². The largest absolute Gasteiger partial charge is 0.489 e. The predicted octanol–water partition coefficient (Wildman–Crippen LogP) is 3.73. The van der Waals surface area contributed by atoms with Crippen LogP contribution >= 0.6 is 0 Å². The average molecular weight is 433 g/mol. The zero-order chi connectivity index (χ0) is 22.0. The Bertz CT molecular complexity index is 1050. The maximum absolute atomic E-state index is 12.8. The molecule has 1 saturated carbocycles. The number of nitrogens with one attached hydrogen (secondary N) is 2. The van der Waals surface area contributed by atoms with E-state index in [0.29, 0.717) is 23.8 Å². The van der Waals surface area contributed by atoms with E-state index in [1.54, 1.807) is 6.92 Å². The Labute approximate surface area is 175 Å². The molecule has 4 rings (SSSR count). The Hall–Kier alpha value is -3.47. The zero-order valence-corrected chi connectivity index (χ0v) is 16.6. The quantitative estimate of drug-likeness (QED) is 0.469. The van der Waals surface area contributed by atoms with E-state index in [1.807, 2.05) is 0 Å². The summed E-state index contributed by atoms with van der Waals surface area (Å²) in [6.45, 7) is -0.931. The van der Waals surface area contributed by atoms with Crippen molar-refractivity contribution in [3.05, 3.63) is 42.0 Å². The molecule has 0 aliphatic heterocycles. The molecular formula is C20H21F2N5O4. The number of anilines is 1. The lowest BCUT2D eigenvalue weighted by Gasteiger charge is -2.12. The van der Waals surface area contributed by atoms with Crippen molar-refractivity contribution in [2.24, 2.45) is 11.7 Å². The number of carbonyl (C=O) groups excluding carboxylic acids is 1. The van der Waals surface area contributed by atoms with Crippen molar-refractivity contribution in [2.75, 3.05) is 11.9 Å². The van der Waals surface area contributed by atoms with E-state index in [9.17, 15) is 13.6 Å². The van der Waals surface area contributed by atoms with Crippen molar-refractivity contribution in [3.63, 3.8) is 0 Å². The number of alkyl halides is 2. The summed E-state index contributed by atoms with van der Waals surface area (Å²) >= 11 is 0. The van der Waals surface area contributed by atoms with Crippen LogP contribution in [0.3, 0.4) is 0 Å². The second-order valence-corrected chi connectivity index (χ2v) is 7.26. The summed E-state index contributed by atoms with van der Waals surface area (Å²) in [6, 6.07) is 3.73. The van der Waals surface area contributed by atoms with Crippen LogP contribution in [-0.2, 0) is 0 Å². The third-order valence-electron chi connectivity index (χ3n) is 4.62. The number of benzene rings is 1. The van der Waals surface area contributed by atoms with Gasteiger partial charge in [0.05, 0.1) is 24.5 Å². The molecule has 1 amide bonds. The normalized spacial score (nSPS) is 14.5. The third kappa shape index (κ3) is 5.00. The second-order valence-electron chi connectivity index (χ2n) is 7.26. The van der Waals surface area contributed by atoms with Gasteiger partial charge in [0, 0.05) is 11.8 Å². The van der Waals surface area contributed by atoms with E-state index in [4.69, 9.17) is 14.9 Å². The van der Waals surface area contributed by atoms with Crippen LogP contribution in [-0.4, -0.2) is 34.3 Å². The molecule has 2 aromatic heterocycles. The first-order valence-corrected chi connectivity index (χ1v) is 9.69. The van der Waals surface area contributed by atoms with Gasteiger partial charge in [0.2, 0.25) is 5.89 Å². The molecule has 0 unspecified atom stereocenters. The van der Waals surface area contributed by atoms with Crippen LogP contribution in [0.15, 0.2) is 35.0 Å². The number of aromatic amines is 1. The highest BCUT2D eigenvalue weighted by Crippen LogP contribution is 2.37. The molecule has 2 heterocycles. The number of rotatable bonds is 9. The molecule has 1 fully saturated rings. The van der Waals surface area contributed by atoms with Crippen molar-refractivity contribution < 1.29 is 27.5 Å². The second kappa shape index (κ2) is 8.72. The average Bonchev–Trinajstić information content (AvgIpc) is 3.21. The Morgan fingerprint density at radius 1 is 1.39 bits per heavy atom. The van der Waals surface area contributed by atoms with Crippen molar-refractivity contribution >= 4 is 11.6 Å². The highest BCUT2D eigenvalue weighted by Gasteiger charge is 2.26. The highest BCUT2D eigenvalue weighted by molar-refractivity contribution is 6.03. The number of nitrogens with zero attached hydrogens (tertiary/aromatic N) is 2. The molecule has 4 N–H and O–H groups in total. The molecular weight excluding hydrogens is 412 g/mol.